The number of aryl methyl sites for hydroxylation is 1. The number of anilines is 2. The molecule has 4 heterocycles. The number of rotatable bonds is 3. The van der Waals surface area contributed by atoms with Crippen LogP contribution in [0.5, 0.6) is 0 Å². The van der Waals surface area contributed by atoms with E-state index in [1.807, 2.05) is 43.5 Å². The molecule has 4 aromatic rings. The van der Waals surface area contributed by atoms with Crippen LogP contribution in [-0.2, 0) is 0 Å². The first-order valence-corrected chi connectivity index (χ1v) is 9.33. The molecule has 0 saturated carbocycles. The van der Waals surface area contributed by atoms with Gasteiger partial charge < -0.3 is 9.80 Å². The Morgan fingerprint density at radius 2 is 1.64 bits per heavy atom. The Kier molecular flexibility index (Phi) is 4.08. The van der Waals surface area contributed by atoms with Crippen molar-refractivity contribution < 1.29 is 0 Å². The molecule has 0 spiro atoms. The molecular formula is C20H20N8. The van der Waals surface area contributed by atoms with E-state index in [1.165, 1.54) is 0 Å². The topological polar surface area (TPSA) is 75.9 Å². The summed E-state index contributed by atoms with van der Waals surface area (Å²) in [5, 5.41) is 5.37. The van der Waals surface area contributed by atoms with E-state index in [-0.39, 0.29) is 0 Å². The Morgan fingerprint density at radius 3 is 2.46 bits per heavy atom. The monoisotopic (exact) mass is 372 g/mol. The molecule has 1 aliphatic rings. The summed E-state index contributed by atoms with van der Waals surface area (Å²) in [5.41, 5.74) is 0.977. The molecule has 0 unspecified atom stereocenters. The zero-order valence-corrected chi connectivity index (χ0v) is 15.6. The molecule has 0 N–H and O–H groups in total. The highest BCUT2D eigenvalue weighted by molar-refractivity contribution is 5.89. The zero-order chi connectivity index (χ0) is 18.9. The molecule has 8 heteroatoms. The van der Waals surface area contributed by atoms with Gasteiger partial charge in [-0.05, 0) is 25.1 Å². The number of benzene rings is 1. The van der Waals surface area contributed by atoms with Gasteiger partial charge in [0.1, 0.15) is 23.8 Å². The molecule has 1 aromatic carbocycles. The van der Waals surface area contributed by atoms with Crippen LogP contribution in [0.2, 0.25) is 0 Å². The minimum absolute atomic E-state index is 0.743. The highest BCUT2D eigenvalue weighted by atomic mass is 15.3. The molecule has 1 fully saturated rings. The standard InChI is InChI=1S/C20H20N8/c1-15-24-18(13-19(25-15)28-8-4-7-23-28)26-9-11-27(12-10-26)20-16-5-2-3-6-17(16)21-14-22-20/h2-8,13-14H,9-12H2,1H3. The normalized spacial score (nSPS) is 14.6. The first-order valence-electron chi connectivity index (χ1n) is 9.33. The fraction of sp³-hybridized carbons (Fsp3) is 0.250. The van der Waals surface area contributed by atoms with Crippen molar-refractivity contribution in [2.24, 2.45) is 0 Å². The summed E-state index contributed by atoms with van der Waals surface area (Å²) >= 11 is 0. The fourth-order valence-electron chi connectivity index (χ4n) is 3.61. The largest absolute Gasteiger partial charge is 0.353 e. The summed E-state index contributed by atoms with van der Waals surface area (Å²) in [4.78, 5) is 22.7. The lowest BCUT2D eigenvalue weighted by atomic mass is 10.2. The number of piperazine rings is 1. The van der Waals surface area contributed by atoms with E-state index < -0.39 is 0 Å². The van der Waals surface area contributed by atoms with Gasteiger partial charge in [0.25, 0.3) is 0 Å². The van der Waals surface area contributed by atoms with Crippen LogP contribution in [0, 0.1) is 6.92 Å². The van der Waals surface area contributed by atoms with E-state index in [4.69, 9.17) is 0 Å². The highest BCUT2D eigenvalue weighted by Crippen LogP contribution is 2.25. The van der Waals surface area contributed by atoms with E-state index in [1.54, 1.807) is 17.2 Å². The number of fused-ring (bicyclic) bond motifs is 1. The molecule has 0 bridgehead atoms. The summed E-state index contributed by atoms with van der Waals surface area (Å²) in [6.45, 7) is 5.41. The number of nitrogens with zero attached hydrogens (tertiary/aromatic N) is 8. The zero-order valence-electron chi connectivity index (χ0n) is 15.6. The summed E-state index contributed by atoms with van der Waals surface area (Å²) < 4.78 is 1.77. The highest BCUT2D eigenvalue weighted by Gasteiger charge is 2.21. The Hall–Kier alpha value is -3.55. The van der Waals surface area contributed by atoms with Crippen LogP contribution in [0.15, 0.2) is 55.1 Å². The Balaban J connectivity index is 1.38. The Morgan fingerprint density at radius 1 is 0.857 bits per heavy atom. The van der Waals surface area contributed by atoms with E-state index >= 15 is 0 Å². The molecule has 8 nitrogen and oxygen atoms in total. The van der Waals surface area contributed by atoms with Crippen molar-refractivity contribution in [3.8, 4) is 5.82 Å². The van der Waals surface area contributed by atoms with Gasteiger partial charge >= 0.3 is 0 Å². The third-order valence-electron chi connectivity index (χ3n) is 4.98. The van der Waals surface area contributed by atoms with Gasteiger partial charge in [-0.25, -0.2) is 24.6 Å². The van der Waals surface area contributed by atoms with Crippen LogP contribution in [-0.4, -0.2) is 55.9 Å². The van der Waals surface area contributed by atoms with Gasteiger partial charge in [0, 0.05) is 50.0 Å². The van der Waals surface area contributed by atoms with Crippen LogP contribution in [0.4, 0.5) is 11.6 Å². The summed E-state index contributed by atoms with van der Waals surface area (Å²) in [5.74, 6) is 3.47. The smallest absolute Gasteiger partial charge is 0.159 e. The second-order valence-electron chi connectivity index (χ2n) is 6.77. The average Bonchev–Trinajstić information content (AvgIpc) is 3.28. The fourth-order valence-corrected chi connectivity index (χ4v) is 3.61. The van der Waals surface area contributed by atoms with Crippen molar-refractivity contribution in [3.05, 3.63) is 60.9 Å². The van der Waals surface area contributed by atoms with E-state index in [9.17, 15) is 0 Å². The summed E-state index contributed by atoms with van der Waals surface area (Å²) in [7, 11) is 0. The van der Waals surface area contributed by atoms with Gasteiger partial charge in [0.15, 0.2) is 5.82 Å². The number of hydrogen-bond acceptors (Lipinski definition) is 7. The second kappa shape index (κ2) is 6.88. The molecule has 28 heavy (non-hydrogen) atoms. The molecular weight excluding hydrogens is 352 g/mol. The molecule has 3 aromatic heterocycles. The minimum atomic E-state index is 0.743. The number of aromatic nitrogens is 6. The maximum atomic E-state index is 4.64. The third-order valence-corrected chi connectivity index (χ3v) is 4.98. The SMILES string of the molecule is Cc1nc(N2CCN(c3ncnc4ccccc34)CC2)cc(-n2cccn2)n1. The maximum absolute atomic E-state index is 4.64. The average molecular weight is 372 g/mol. The van der Waals surface area contributed by atoms with Crippen molar-refractivity contribution in [2.45, 2.75) is 6.92 Å². The van der Waals surface area contributed by atoms with Crippen molar-refractivity contribution in [3.63, 3.8) is 0 Å². The maximum Gasteiger partial charge on any atom is 0.159 e. The molecule has 0 radical (unpaired) electrons. The predicted octanol–water partition coefficient (Wildman–Crippen LogP) is 2.24. The van der Waals surface area contributed by atoms with Crippen molar-refractivity contribution in [1.82, 2.24) is 29.7 Å². The van der Waals surface area contributed by atoms with Crippen LogP contribution in [0.3, 0.4) is 0 Å². The summed E-state index contributed by atoms with van der Waals surface area (Å²) in [6.07, 6.45) is 5.29. The lowest BCUT2D eigenvalue weighted by Gasteiger charge is -2.36. The molecule has 5 rings (SSSR count). The first-order chi connectivity index (χ1) is 13.8. The van der Waals surface area contributed by atoms with Crippen LogP contribution in [0.1, 0.15) is 5.82 Å². The van der Waals surface area contributed by atoms with Crippen LogP contribution in [0.25, 0.3) is 16.7 Å². The van der Waals surface area contributed by atoms with Crippen molar-refractivity contribution in [1.29, 1.82) is 0 Å². The van der Waals surface area contributed by atoms with Gasteiger partial charge in [0.05, 0.1) is 5.52 Å². The third kappa shape index (κ3) is 3.02. The van der Waals surface area contributed by atoms with Crippen molar-refractivity contribution >= 4 is 22.5 Å². The molecule has 0 atom stereocenters. The molecule has 140 valence electrons. The van der Waals surface area contributed by atoms with E-state index in [0.29, 0.717) is 0 Å². The summed E-state index contributed by atoms with van der Waals surface area (Å²) in [6, 6.07) is 12.0. The molecule has 0 amide bonds. The predicted molar refractivity (Wildman–Crippen MR) is 108 cm³/mol. The quantitative estimate of drug-likeness (QED) is 0.546. The lowest BCUT2D eigenvalue weighted by Crippen LogP contribution is -2.47. The van der Waals surface area contributed by atoms with Crippen LogP contribution < -0.4 is 9.80 Å². The van der Waals surface area contributed by atoms with E-state index in [0.717, 1.165) is 60.4 Å². The van der Waals surface area contributed by atoms with Gasteiger partial charge in [-0.15, -0.1) is 0 Å². The molecule has 1 saturated heterocycles. The van der Waals surface area contributed by atoms with Gasteiger partial charge in [-0.1, -0.05) is 12.1 Å². The molecule has 1 aliphatic heterocycles. The Bertz CT molecular complexity index is 1100. The number of para-hydroxylation sites is 1. The lowest BCUT2D eigenvalue weighted by molar-refractivity contribution is 0.640. The minimum Gasteiger partial charge on any atom is -0.353 e. The van der Waals surface area contributed by atoms with Gasteiger partial charge in [0.2, 0.25) is 0 Å². The first kappa shape index (κ1) is 16.6. The molecule has 0 aliphatic carbocycles. The van der Waals surface area contributed by atoms with Crippen molar-refractivity contribution in [2.75, 3.05) is 36.0 Å². The second-order valence-corrected chi connectivity index (χ2v) is 6.77. The number of hydrogen-bond donors (Lipinski definition) is 0. The van der Waals surface area contributed by atoms with E-state index in [2.05, 4.69) is 40.9 Å². The van der Waals surface area contributed by atoms with Gasteiger partial charge in [-0.3, -0.25) is 0 Å². The Labute approximate surface area is 162 Å². The van der Waals surface area contributed by atoms with Gasteiger partial charge in [-0.2, -0.15) is 5.10 Å². The van der Waals surface area contributed by atoms with Crippen LogP contribution >= 0.6 is 0 Å².